The van der Waals surface area contributed by atoms with E-state index in [2.05, 4.69) is 0 Å². The standard InChI is InChI=1S/C9H10O3/c1-5-3-8(11)7(4-10)9(12)6(5)2/h3-4,11-12H,1-2H3. The van der Waals surface area contributed by atoms with E-state index in [4.69, 9.17) is 0 Å². The van der Waals surface area contributed by atoms with Crippen molar-refractivity contribution in [3.05, 3.63) is 22.8 Å². The van der Waals surface area contributed by atoms with E-state index >= 15 is 0 Å². The smallest absolute Gasteiger partial charge is 0.157 e. The summed E-state index contributed by atoms with van der Waals surface area (Å²) in [6.45, 7) is 3.44. The average Bonchev–Trinajstić information content (AvgIpc) is 2.01. The van der Waals surface area contributed by atoms with Crippen molar-refractivity contribution in [3.63, 3.8) is 0 Å². The van der Waals surface area contributed by atoms with Gasteiger partial charge in [0.25, 0.3) is 0 Å². The topological polar surface area (TPSA) is 57.5 Å². The first kappa shape index (κ1) is 8.59. The molecule has 3 nitrogen and oxygen atoms in total. The second kappa shape index (κ2) is 2.85. The first-order valence-electron chi connectivity index (χ1n) is 3.55. The van der Waals surface area contributed by atoms with Crippen LogP contribution < -0.4 is 0 Å². The normalized spacial score (nSPS) is 9.83. The van der Waals surface area contributed by atoms with Crippen LogP contribution in [-0.2, 0) is 0 Å². The molecule has 0 saturated heterocycles. The Morgan fingerprint density at radius 3 is 2.42 bits per heavy atom. The number of hydrogen-bond donors (Lipinski definition) is 2. The Hall–Kier alpha value is -1.51. The lowest BCUT2D eigenvalue weighted by atomic mass is 10.0. The molecule has 0 aliphatic rings. The number of carbonyl (C=O) groups is 1. The van der Waals surface area contributed by atoms with Crippen molar-refractivity contribution >= 4 is 6.29 Å². The van der Waals surface area contributed by atoms with Crippen LogP contribution >= 0.6 is 0 Å². The van der Waals surface area contributed by atoms with Crippen LogP contribution in [-0.4, -0.2) is 16.5 Å². The van der Waals surface area contributed by atoms with Gasteiger partial charge in [-0.05, 0) is 31.0 Å². The van der Waals surface area contributed by atoms with Crippen LogP contribution in [0.5, 0.6) is 11.5 Å². The zero-order chi connectivity index (χ0) is 9.30. The van der Waals surface area contributed by atoms with Gasteiger partial charge in [0.2, 0.25) is 0 Å². The molecule has 0 heterocycles. The van der Waals surface area contributed by atoms with Crippen LogP contribution in [0.15, 0.2) is 6.07 Å². The lowest BCUT2D eigenvalue weighted by Gasteiger charge is -2.06. The molecule has 0 bridgehead atoms. The number of rotatable bonds is 1. The fraction of sp³-hybridized carbons (Fsp3) is 0.222. The van der Waals surface area contributed by atoms with Gasteiger partial charge in [0.05, 0.1) is 5.56 Å². The predicted molar refractivity (Wildman–Crippen MR) is 44.6 cm³/mol. The minimum Gasteiger partial charge on any atom is -0.507 e. The highest BCUT2D eigenvalue weighted by Gasteiger charge is 2.10. The predicted octanol–water partition coefficient (Wildman–Crippen LogP) is 1.53. The molecular weight excluding hydrogens is 156 g/mol. The molecule has 0 aliphatic heterocycles. The van der Waals surface area contributed by atoms with E-state index in [1.54, 1.807) is 13.8 Å². The average molecular weight is 166 g/mol. The maximum absolute atomic E-state index is 10.4. The van der Waals surface area contributed by atoms with Crippen molar-refractivity contribution in [1.82, 2.24) is 0 Å². The molecule has 1 rings (SSSR count). The van der Waals surface area contributed by atoms with Gasteiger partial charge in [-0.3, -0.25) is 4.79 Å². The summed E-state index contributed by atoms with van der Waals surface area (Å²) in [7, 11) is 0. The van der Waals surface area contributed by atoms with E-state index in [1.807, 2.05) is 0 Å². The Labute approximate surface area is 70.3 Å². The molecule has 0 atom stereocenters. The summed E-state index contributed by atoms with van der Waals surface area (Å²) in [5.74, 6) is -0.312. The van der Waals surface area contributed by atoms with Gasteiger partial charge in [0, 0.05) is 0 Å². The summed E-state index contributed by atoms with van der Waals surface area (Å²) < 4.78 is 0. The van der Waals surface area contributed by atoms with Gasteiger partial charge in [-0.1, -0.05) is 0 Å². The zero-order valence-corrected chi connectivity index (χ0v) is 6.96. The van der Waals surface area contributed by atoms with Crippen molar-refractivity contribution < 1.29 is 15.0 Å². The number of aromatic hydroxyl groups is 2. The van der Waals surface area contributed by atoms with Gasteiger partial charge in [-0.2, -0.15) is 0 Å². The largest absolute Gasteiger partial charge is 0.507 e. The van der Waals surface area contributed by atoms with E-state index in [9.17, 15) is 15.0 Å². The maximum Gasteiger partial charge on any atom is 0.157 e. The van der Waals surface area contributed by atoms with Crippen LogP contribution in [0.2, 0.25) is 0 Å². The highest BCUT2D eigenvalue weighted by atomic mass is 16.3. The monoisotopic (exact) mass is 166 g/mol. The molecule has 1 aromatic carbocycles. The molecule has 1 aromatic rings. The highest BCUT2D eigenvalue weighted by molar-refractivity contribution is 5.84. The lowest BCUT2D eigenvalue weighted by Crippen LogP contribution is -1.89. The summed E-state index contributed by atoms with van der Waals surface area (Å²) in [4.78, 5) is 10.4. The first-order valence-corrected chi connectivity index (χ1v) is 3.55. The third-order valence-corrected chi connectivity index (χ3v) is 1.95. The minimum absolute atomic E-state index is 0.0434. The Morgan fingerprint density at radius 1 is 1.33 bits per heavy atom. The fourth-order valence-corrected chi connectivity index (χ4v) is 1.02. The maximum atomic E-state index is 10.4. The van der Waals surface area contributed by atoms with E-state index in [-0.39, 0.29) is 17.1 Å². The Bertz CT molecular complexity index is 329. The third-order valence-electron chi connectivity index (χ3n) is 1.95. The summed E-state index contributed by atoms with van der Waals surface area (Å²) in [5, 5.41) is 18.6. The second-order valence-electron chi connectivity index (χ2n) is 2.72. The number of benzene rings is 1. The SMILES string of the molecule is Cc1cc(O)c(C=O)c(O)c1C. The first-order chi connectivity index (χ1) is 5.57. The number of aryl methyl sites for hydroxylation is 1. The Kier molecular flexibility index (Phi) is 2.04. The van der Waals surface area contributed by atoms with Crippen molar-refractivity contribution in [3.8, 4) is 11.5 Å². The molecule has 0 radical (unpaired) electrons. The molecule has 2 N–H and O–H groups in total. The van der Waals surface area contributed by atoms with Gasteiger partial charge >= 0.3 is 0 Å². The summed E-state index contributed by atoms with van der Waals surface area (Å²) >= 11 is 0. The molecule has 0 amide bonds. The van der Waals surface area contributed by atoms with E-state index in [1.165, 1.54) is 6.07 Å². The van der Waals surface area contributed by atoms with Crippen molar-refractivity contribution in [2.24, 2.45) is 0 Å². The van der Waals surface area contributed by atoms with Crippen LogP contribution in [0.1, 0.15) is 21.5 Å². The quantitative estimate of drug-likeness (QED) is 0.622. The zero-order valence-electron chi connectivity index (χ0n) is 6.96. The number of phenols is 2. The molecule has 0 aromatic heterocycles. The highest BCUT2D eigenvalue weighted by Crippen LogP contribution is 2.30. The van der Waals surface area contributed by atoms with Crippen molar-refractivity contribution in [1.29, 1.82) is 0 Å². The Morgan fingerprint density at radius 2 is 1.92 bits per heavy atom. The molecule has 0 saturated carbocycles. The molecule has 12 heavy (non-hydrogen) atoms. The van der Waals surface area contributed by atoms with Crippen molar-refractivity contribution in [2.45, 2.75) is 13.8 Å². The summed E-state index contributed by atoms with van der Waals surface area (Å²) in [6.07, 6.45) is 0.442. The van der Waals surface area contributed by atoms with Crippen LogP contribution in [0.4, 0.5) is 0 Å². The van der Waals surface area contributed by atoms with Crippen molar-refractivity contribution in [2.75, 3.05) is 0 Å². The van der Waals surface area contributed by atoms with Gasteiger partial charge in [-0.15, -0.1) is 0 Å². The number of aldehydes is 1. The van der Waals surface area contributed by atoms with Crippen LogP contribution in [0.3, 0.4) is 0 Å². The molecule has 64 valence electrons. The van der Waals surface area contributed by atoms with Crippen LogP contribution in [0, 0.1) is 13.8 Å². The van der Waals surface area contributed by atoms with E-state index in [0.29, 0.717) is 11.8 Å². The second-order valence-corrected chi connectivity index (χ2v) is 2.72. The van der Waals surface area contributed by atoms with Gasteiger partial charge in [0.1, 0.15) is 11.5 Å². The molecule has 0 fully saturated rings. The van der Waals surface area contributed by atoms with E-state index < -0.39 is 0 Å². The summed E-state index contributed by atoms with van der Waals surface area (Å²) in [6, 6.07) is 1.46. The lowest BCUT2D eigenvalue weighted by molar-refractivity contribution is 0.111. The number of phenolic OH excluding ortho intramolecular Hbond substituents is 2. The molecule has 3 heteroatoms. The van der Waals surface area contributed by atoms with Crippen LogP contribution in [0.25, 0.3) is 0 Å². The molecule has 0 spiro atoms. The van der Waals surface area contributed by atoms with Gasteiger partial charge < -0.3 is 10.2 Å². The number of carbonyl (C=O) groups excluding carboxylic acids is 1. The van der Waals surface area contributed by atoms with E-state index in [0.717, 1.165) is 5.56 Å². The minimum atomic E-state index is -0.175. The van der Waals surface area contributed by atoms with Gasteiger partial charge in [0.15, 0.2) is 6.29 Å². The van der Waals surface area contributed by atoms with Gasteiger partial charge in [-0.25, -0.2) is 0 Å². The number of hydrogen-bond acceptors (Lipinski definition) is 3. The Balaban J connectivity index is 3.51. The molecule has 0 aliphatic carbocycles. The summed E-state index contributed by atoms with van der Waals surface area (Å²) in [5.41, 5.74) is 1.34. The fourth-order valence-electron chi connectivity index (χ4n) is 1.02. The molecular formula is C9H10O3. The molecule has 0 unspecified atom stereocenters. The third kappa shape index (κ3) is 1.13.